The number of aryl methyl sites for hydroxylation is 1. The van der Waals surface area contributed by atoms with Crippen molar-refractivity contribution in [3.63, 3.8) is 0 Å². The predicted octanol–water partition coefficient (Wildman–Crippen LogP) is 1.18. The maximum atomic E-state index is 12.3. The molecule has 114 valence electrons. The van der Waals surface area contributed by atoms with Crippen LogP contribution >= 0.6 is 0 Å². The first kappa shape index (κ1) is 14.1. The minimum Gasteiger partial charge on any atom is -0.360 e. The molecule has 1 aliphatic rings. The van der Waals surface area contributed by atoms with Gasteiger partial charge in [0.1, 0.15) is 0 Å². The molecule has 0 radical (unpaired) electrons. The van der Waals surface area contributed by atoms with Crippen molar-refractivity contribution in [1.29, 1.82) is 0 Å². The van der Waals surface area contributed by atoms with Gasteiger partial charge in [0.2, 0.25) is 5.91 Å². The molecule has 0 bridgehead atoms. The average molecular weight is 301 g/mol. The van der Waals surface area contributed by atoms with E-state index in [0.29, 0.717) is 13.1 Å². The van der Waals surface area contributed by atoms with E-state index in [1.807, 2.05) is 4.90 Å². The molecule has 1 aromatic heterocycles. The molecule has 0 atom stereocenters. The number of non-ortho nitro benzene ring substituents is 1. The molecule has 8 heteroatoms. The minimum atomic E-state index is -0.435. The Morgan fingerprint density at radius 2 is 1.91 bits per heavy atom. The molecule has 0 unspecified atom stereocenters. The van der Waals surface area contributed by atoms with Gasteiger partial charge in [-0.25, -0.2) is 0 Å². The highest BCUT2D eigenvalue weighted by molar-refractivity contribution is 5.97. The van der Waals surface area contributed by atoms with Crippen LogP contribution in [-0.4, -0.2) is 40.2 Å². The maximum Gasteiger partial charge on any atom is 0.269 e. The molecule has 2 heterocycles. The Hall–Kier alpha value is -2.90. The van der Waals surface area contributed by atoms with E-state index >= 15 is 0 Å². The number of carbonyl (C=O) groups is 1. The first-order chi connectivity index (χ1) is 10.5. The number of nitro benzene ring substituents is 1. The summed E-state index contributed by atoms with van der Waals surface area (Å²) in [7, 11) is 1.81. The van der Waals surface area contributed by atoms with Crippen molar-refractivity contribution >= 4 is 23.0 Å². The van der Waals surface area contributed by atoms with Gasteiger partial charge in [-0.3, -0.25) is 19.6 Å². The van der Waals surface area contributed by atoms with Crippen molar-refractivity contribution in [2.45, 2.75) is 0 Å². The number of aromatic nitrogens is 2. The number of hydrogen-bond acceptors (Lipinski definition) is 5. The molecule has 3 rings (SSSR count). The normalized spacial score (nSPS) is 15.2. The molecule has 2 aromatic rings. The Labute approximate surface area is 126 Å². The summed E-state index contributed by atoms with van der Waals surface area (Å²) in [6.07, 6.45) is 3.47. The number of hydrogen-bond donors (Lipinski definition) is 0. The van der Waals surface area contributed by atoms with Crippen molar-refractivity contribution < 1.29 is 9.72 Å². The van der Waals surface area contributed by atoms with E-state index in [1.54, 1.807) is 41.2 Å². The summed E-state index contributed by atoms with van der Waals surface area (Å²) < 4.78 is 1.66. The zero-order chi connectivity index (χ0) is 15.7. The second kappa shape index (κ2) is 5.47. The van der Waals surface area contributed by atoms with E-state index in [4.69, 9.17) is 0 Å². The van der Waals surface area contributed by atoms with Gasteiger partial charge in [0, 0.05) is 44.2 Å². The molecule has 1 aliphatic heterocycles. The molecule has 1 fully saturated rings. The number of anilines is 2. The second-order valence-electron chi connectivity index (χ2n) is 5.11. The Balaban J connectivity index is 1.72. The summed E-state index contributed by atoms with van der Waals surface area (Å²) in [4.78, 5) is 26.2. The Kier molecular flexibility index (Phi) is 3.50. The lowest BCUT2D eigenvalue weighted by atomic mass is 10.2. The fraction of sp³-hybridized carbons (Fsp3) is 0.286. The van der Waals surface area contributed by atoms with Crippen LogP contribution in [0.25, 0.3) is 0 Å². The zero-order valence-electron chi connectivity index (χ0n) is 12.0. The third-order valence-electron chi connectivity index (χ3n) is 3.65. The van der Waals surface area contributed by atoms with Crippen LogP contribution in [0.2, 0.25) is 0 Å². The molecule has 8 nitrogen and oxygen atoms in total. The number of benzene rings is 1. The number of amides is 1. The van der Waals surface area contributed by atoms with Crippen molar-refractivity contribution in [2.24, 2.45) is 7.05 Å². The number of rotatable bonds is 3. The van der Waals surface area contributed by atoms with Crippen LogP contribution in [0.1, 0.15) is 0 Å². The standard InChI is InChI=1S/C14H15N5O3/c1-16-9-13(8-15-16)18-7-6-17(10-14(18)20)11-2-4-12(5-3-11)19(21)22/h2-5,8-9H,6-7,10H2,1H3. The van der Waals surface area contributed by atoms with E-state index in [0.717, 1.165) is 11.4 Å². The summed E-state index contributed by atoms with van der Waals surface area (Å²) in [6.45, 7) is 1.46. The molecule has 0 saturated carbocycles. The quantitative estimate of drug-likeness (QED) is 0.628. The SMILES string of the molecule is Cn1cc(N2CCN(c3ccc([N+](=O)[O-])cc3)CC2=O)cn1. The summed E-state index contributed by atoms with van der Waals surface area (Å²) >= 11 is 0. The van der Waals surface area contributed by atoms with Gasteiger partial charge >= 0.3 is 0 Å². The van der Waals surface area contributed by atoms with Gasteiger partial charge in [-0.2, -0.15) is 5.10 Å². The van der Waals surface area contributed by atoms with E-state index in [-0.39, 0.29) is 18.1 Å². The van der Waals surface area contributed by atoms with Crippen molar-refractivity contribution in [2.75, 3.05) is 29.4 Å². The Morgan fingerprint density at radius 3 is 2.45 bits per heavy atom. The molecule has 1 aromatic carbocycles. The highest BCUT2D eigenvalue weighted by Gasteiger charge is 2.26. The number of piperazine rings is 1. The van der Waals surface area contributed by atoms with Gasteiger partial charge in [-0.1, -0.05) is 0 Å². The monoisotopic (exact) mass is 301 g/mol. The Bertz CT molecular complexity index is 710. The highest BCUT2D eigenvalue weighted by Crippen LogP contribution is 2.23. The van der Waals surface area contributed by atoms with E-state index < -0.39 is 4.92 Å². The first-order valence-electron chi connectivity index (χ1n) is 6.83. The van der Waals surface area contributed by atoms with Gasteiger partial charge in [0.25, 0.3) is 5.69 Å². The maximum absolute atomic E-state index is 12.3. The highest BCUT2D eigenvalue weighted by atomic mass is 16.6. The lowest BCUT2D eigenvalue weighted by Gasteiger charge is -2.34. The van der Waals surface area contributed by atoms with Gasteiger partial charge < -0.3 is 9.80 Å². The fourth-order valence-electron chi connectivity index (χ4n) is 2.50. The molecule has 1 amide bonds. The smallest absolute Gasteiger partial charge is 0.269 e. The third-order valence-corrected chi connectivity index (χ3v) is 3.65. The molecule has 0 N–H and O–H groups in total. The molecule has 0 aliphatic carbocycles. The average Bonchev–Trinajstić information content (AvgIpc) is 2.93. The predicted molar refractivity (Wildman–Crippen MR) is 80.9 cm³/mol. The van der Waals surface area contributed by atoms with Crippen LogP contribution in [0, 0.1) is 10.1 Å². The fourth-order valence-corrected chi connectivity index (χ4v) is 2.50. The van der Waals surface area contributed by atoms with Crippen molar-refractivity contribution in [1.82, 2.24) is 9.78 Å². The van der Waals surface area contributed by atoms with Crippen LogP contribution in [0.3, 0.4) is 0 Å². The lowest BCUT2D eigenvalue weighted by Crippen LogP contribution is -2.50. The van der Waals surface area contributed by atoms with E-state index in [2.05, 4.69) is 5.10 Å². The van der Waals surface area contributed by atoms with Gasteiger partial charge in [0.05, 0.1) is 23.4 Å². The van der Waals surface area contributed by atoms with E-state index in [1.165, 1.54) is 12.1 Å². The van der Waals surface area contributed by atoms with Gasteiger partial charge in [-0.05, 0) is 12.1 Å². The summed E-state index contributed by atoms with van der Waals surface area (Å²) in [5.74, 6) is -0.0161. The Morgan fingerprint density at radius 1 is 1.18 bits per heavy atom. The molecular weight excluding hydrogens is 286 g/mol. The first-order valence-corrected chi connectivity index (χ1v) is 6.83. The summed E-state index contributed by atoms with van der Waals surface area (Å²) in [6, 6.07) is 6.25. The van der Waals surface area contributed by atoms with Crippen LogP contribution in [0.15, 0.2) is 36.7 Å². The summed E-state index contributed by atoms with van der Waals surface area (Å²) in [5.41, 5.74) is 1.64. The van der Waals surface area contributed by atoms with Gasteiger partial charge in [0.15, 0.2) is 0 Å². The van der Waals surface area contributed by atoms with Crippen LogP contribution in [-0.2, 0) is 11.8 Å². The second-order valence-corrected chi connectivity index (χ2v) is 5.11. The summed E-state index contributed by atoms with van der Waals surface area (Å²) in [5, 5.41) is 14.7. The third kappa shape index (κ3) is 2.62. The lowest BCUT2D eigenvalue weighted by molar-refractivity contribution is -0.384. The number of carbonyl (C=O) groups excluding carboxylic acids is 1. The topological polar surface area (TPSA) is 84.5 Å². The molecule has 0 spiro atoms. The minimum absolute atomic E-state index is 0.0161. The van der Waals surface area contributed by atoms with E-state index in [9.17, 15) is 14.9 Å². The van der Waals surface area contributed by atoms with Crippen LogP contribution in [0.4, 0.5) is 17.1 Å². The number of nitrogens with zero attached hydrogens (tertiary/aromatic N) is 5. The molecular formula is C14H15N5O3. The van der Waals surface area contributed by atoms with Crippen LogP contribution < -0.4 is 9.80 Å². The number of nitro groups is 1. The molecule has 22 heavy (non-hydrogen) atoms. The largest absolute Gasteiger partial charge is 0.360 e. The van der Waals surface area contributed by atoms with Crippen molar-refractivity contribution in [3.8, 4) is 0 Å². The van der Waals surface area contributed by atoms with Gasteiger partial charge in [-0.15, -0.1) is 0 Å². The van der Waals surface area contributed by atoms with Crippen molar-refractivity contribution in [3.05, 3.63) is 46.8 Å². The zero-order valence-corrected chi connectivity index (χ0v) is 12.0. The van der Waals surface area contributed by atoms with Crippen LogP contribution in [0.5, 0.6) is 0 Å². The molecule has 1 saturated heterocycles.